The van der Waals surface area contributed by atoms with Crippen LogP contribution in [-0.2, 0) is 5.60 Å². The van der Waals surface area contributed by atoms with E-state index >= 15 is 0 Å². The molecule has 0 bridgehead atoms. The van der Waals surface area contributed by atoms with Crippen molar-refractivity contribution < 1.29 is 5.11 Å². The highest BCUT2D eigenvalue weighted by Gasteiger charge is 2.23. The van der Waals surface area contributed by atoms with Gasteiger partial charge in [0.05, 0.1) is 5.60 Å². The molecule has 1 heteroatoms. The average Bonchev–Trinajstić information content (AvgIpc) is 2.28. The summed E-state index contributed by atoms with van der Waals surface area (Å²) in [4.78, 5) is 0. The molecule has 0 aliphatic rings. The van der Waals surface area contributed by atoms with Gasteiger partial charge in [-0.15, -0.1) is 0 Å². The summed E-state index contributed by atoms with van der Waals surface area (Å²) in [6.07, 6.45) is 1.78. The van der Waals surface area contributed by atoms with Gasteiger partial charge in [-0.25, -0.2) is 0 Å². The molecule has 2 rings (SSSR count). The van der Waals surface area contributed by atoms with Gasteiger partial charge in [0, 0.05) is 0 Å². The molecule has 0 heterocycles. The van der Waals surface area contributed by atoms with Gasteiger partial charge in [-0.2, -0.15) is 0 Å². The van der Waals surface area contributed by atoms with E-state index in [-0.39, 0.29) is 0 Å². The first-order valence-electron chi connectivity index (χ1n) is 5.86. The minimum atomic E-state index is -0.727. The predicted molar refractivity (Wildman–Crippen MR) is 68.4 cm³/mol. The largest absolute Gasteiger partial charge is 0.385 e. The smallest absolute Gasteiger partial charge is 0.0874 e. The fraction of sp³-hybridized carbons (Fsp3) is 0.333. The Morgan fingerprint density at radius 3 is 2.50 bits per heavy atom. The zero-order valence-corrected chi connectivity index (χ0v) is 9.90. The molecule has 0 aliphatic carbocycles. The molecule has 0 spiro atoms. The van der Waals surface area contributed by atoms with Gasteiger partial charge in [-0.3, -0.25) is 0 Å². The summed E-state index contributed by atoms with van der Waals surface area (Å²) < 4.78 is 0. The van der Waals surface area contributed by atoms with Crippen LogP contribution >= 0.6 is 0 Å². The van der Waals surface area contributed by atoms with Crippen molar-refractivity contribution in [2.75, 3.05) is 0 Å². The van der Waals surface area contributed by atoms with Crippen LogP contribution in [-0.4, -0.2) is 5.11 Å². The standard InChI is InChI=1S/C15H18O/c1-3-11-15(2,16)14-10-6-8-12-7-4-5-9-13(12)14/h4-10,16H,3,11H2,1-2H3/t15-/m1/s1. The minimum absolute atomic E-state index is 0.727. The number of hydrogen-bond donors (Lipinski definition) is 1. The van der Waals surface area contributed by atoms with E-state index in [1.807, 2.05) is 31.2 Å². The fourth-order valence-corrected chi connectivity index (χ4v) is 2.32. The number of rotatable bonds is 3. The van der Waals surface area contributed by atoms with Crippen LogP contribution in [0.5, 0.6) is 0 Å². The summed E-state index contributed by atoms with van der Waals surface area (Å²) in [5.74, 6) is 0. The van der Waals surface area contributed by atoms with E-state index in [1.54, 1.807) is 0 Å². The zero-order chi connectivity index (χ0) is 11.6. The lowest BCUT2D eigenvalue weighted by atomic mass is 9.88. The normalized spacial score (nSPS) is 14.9. The highest BCUT2D eigenvalue weighted by atomic mass is 16.3. The van der Waals surface area contributed by atoms with Gasteiger partial charge in [0.15, 0.2) is 0 Å². The summed E-state index contributed by atoms with van der Waals surface area (Å²) in [6.45, 7) is 4.00. The Morgan fingerprint density at radius 1 is 1.06 bits per heavy atom. The second kappa shape index (κ2) is 4.26. The summed E-state index contributed by atoms with van der Waals surface area (Å²) >= 11 is 0. The van der Waals surface area contributed by atoms with Crippen molar-refractivity contribution in [3.05, 3.63) is 48.0 Å². The molecular weight excluding hydrogens is 196 g/mol. The Labute approximate surface area is 96.7 Å². The van der Waals surface area contributed by atoms with Crippen molar-refractivity contribution >= 4 is 10.8 Å². The van der Waals surface area contributed by atoms with Crippen molar-refractivity contribution in [3.63, 3.8) is 0 Å². The van der Waals surface area contributed by atoms with Crippen LogP contribution in [0.2, 0.25) is 0 Å². The maximum Gasteiger partial charge on any atom is 0.0874 e. The Hall–Kier alpha value is -1.34. The maximum absolute atomic E-state index is 10.5. The molecule has 0 amide bonds. The lowest BCUT2D eigenvalue weighted by Gasteiger charge is -2.24. The number of hydrogen-bond acceptors (Lipinski definition) is 1. The number of aliphatic hydroxyl groups is 1. The van der Waals surface area contributed by atoms with Gasteiger partial charge in [-0.1, -0.05) is 55.8 Å². The monoisotopic (exact) mass is 214 g/mol. The molecule has 0 aromatic heterocycles. The molecule has 16 heavy (non-hydrogen) atoms. The van der Waals surface area contributed by atoms with Gasteiger partial charge >= 0.3 is 0 Å². The van der Waals surface area contributed by atoms with Crippen molar-refractivity contribution in [2.24, 2.45) is 0 Å². The zero-order valence-electron chi connectivity index (χ0n) is 9.90. The first-order chi connectivity index (χ1) is 7.65. The maximum atomic E-state index is 10.5. The molecule has 0 aliphatic heterocycles. The minimum Gasteiger partial charge on any atom is -0.385 e. The number of benzene rings is 2. The molecule has 1 nitrogen and oxygen atoms in total. The Bertz CT molecular complexity index is 480. The topological polar surface area (TPSA) is 20.2 Å². The second-order valence-corrected chi connectivity index (χ2v) is 4.55. The third kappa shape index (κ3) is 1.96. The molecule has 1 atom stereocenters. The van der Waals surface area contributed by atoms with Gasteiger partial charge in [0.1, 0.15) is 0 Å². The molecule has 2 aromatic rings. The van der Waals surface area contributed by atoms with E-state index in [0.717, 1.165) is 23.8 Å². The third-order valence-electron chi connectivity index (χ3n) is 3.11. The van der Waals surface area contributed by atoms with Crippen molar-refractivity contribution in [3.8, 4) is 0 Å². The van der Waals surface area contributed by atoms with Crippen LogP contribution in [0.15, 0.2) is 42.5 Å². The summed E-state index contributed by atoms with van der Waals surface area (Å²) in [5.41, 5.74) is 0.308. The van der Waals surface area contributed by atoms with Crippen molar-refractivity contribution in [2.45, 2.75) is 32.3 Å². The molecule has 1 N–H and O–H groups in total. The van der Waals surface area contributed by atoms with E-state index in [1.165, 1.54) is 5.39 Å². The van der Waals surface area contributed by atoms with Crippen LogP contribution in [0.1, 0.15) is 32.3 Å². The molecule has 0 radical (unpaired) electrons. The van der Waals surface area contributed by atoms with Crippen LogP contribution in [0, 0.1) is 0 Å². The molecular formula is C15H18O. The quantitative estimate of drug-likeness (QED) is 0.822. The Kier molecular flexibility index (Phi) is 2.97. The van der Waals surface area contributed by atoms with Crippen molar-refractivity contribution in [1.82, 2.24) is 0 Å². The first kappa shape index (κ1) is 11.2. The molecule has 0 saturated heterocycles. The Balaban J connectivity index is 2.60. The van der Waals surface area contributed by atoms with E-state index in [9.17, 15) is 5.11 Å². The lowest BCUT2D eigenvalue weighted by molar-refractivity contribution is 0.0485. The molecule has 0 unspecified atom stereocenters. The van der Waals surface area contributed by atoms with E-state index in [4.69, 9.17) is 0 Å². The average molecular weight is 214 g/mol. The third-order valence-corrected chi connectivity index (χ3v) is 3.11. The van der Waals surface area contributed by atoms with Crippen LogP contribution in [0.3, 0.4) is 0 Å². The summed E-state index contributed by atoms with van der Waals surface area (Å²) in [5, 5.41) is 12.8. The van der Waals surface area contributed by atoms with Crippen LogP contribution in [0.4, 0.5) is 0 Å². The predicted octanol–water partition coefficient (Wildman–Crippen LogP) is 3.85. The highest BCUT2D eigenvalue weighted by Crippen LogP contribution is 2.31. The molecule has 84 valence electrons. The van der Waals surface area contributed by atoms with Gasteiger partial charge in [0.2, 0.25) is 0 Å². The molecule has 2 aromatic carbocycles. The van der Waals surface area contributed by atoms with Gasteiger partial charge in [0.25, 0.3) is 0 Å². The van der Waals surface area contributed by atoms with E-state index in [0.29, 0.717) is 0 Å². The fourth-order valence-electron chi connectivity index (χ4n) is 2.32. The van der Waals surface area contributed by atoms with Crippen molar-refractivity contribution in [1.29, 1.82) is 0 Å². The SMILES string of the molecule is CCC[C@@](C)(O)c1cccc2ccccc12. The van der Waals surface area contributed by atoms with Crippen LogP contribution < -0.4 is 0 Å². The van der Waals surface area contributed by atoms with E-state index < -0.39 is 5.60 Å². The lowest BCUT2D eigenvalue weighted by Crippen LogP contribution is -2.20. The summed E-state index contributed by atoms with van der Waals surface area (Å²) in [6, 6.07) is 14.3. The van der Waals surface area contributed by atoms with Gasteiger partial charge in [-0.05, 0) is 29.7 Å². The molecule has 0 fully saturated rings. The second-order valence-electron chi connectivity index (χ2n) is 4.55. The van der Waals surface area contributed by atoms with Crippen LogP contribution in [0.25, 0.3) is 10.8 Å². The van der Waals surface area contributed by atoms with E-state index in [2.05, 4.69) is 25.1 Å². The Morgan fingerprint density at radius 2 is 1.75 bits per heavy atom. The molecule has 0 saturated carbocycles. The highest BCUT2D eigenvalue weighted by molar-refractivity contribution is 5.86. The van der Waals surface area contributed by atoms with Gasteiger partial charge < -0.3 is 5.11 Å². The number of fused-ring (bicyclic) bond motifs is 1. The first-order valence-corrected chi connectivity index (χ1v) is 5.86. The summed E-state index contributed by atoms with van der Waals surface area (Å²) in [7, 11) is 0.